The van der Waals surface area contributed by atoms with Gasteiger partial charge in [-0.25, -0.2) is 4.68 Å². The summed E-state index contributed by atoms with van der Waals surface area (Å²) in [5, 5.41) is 18.2. The molecule has 1 aromatic carbocycles. The summed E-state index contributed by atoms with van der Waals surface area (Å²) in [5.41, 5.74) is 7.65. The lowest BCUT2D eigenvalue weighted by molar-refractivity contribution is -0.116. The van der Waals surface area contributed by atoms with Crippen molar-refractivity contribution in [3.63, 3.8) is 0 Å². The second-order valence-electron chi connectivity index (χ2n) is 4.33. The van der Waals surface area contributed by atoms with Gasteiger partial charge in [0.1, 0.15) is 6.54 Å². The molecule has 20 heavy (non-hydrogen) atoms. The number of H-pyrrole nitrogens is 1. The number of nitrogens with two attached hydrogens (primary N) is 1. The number of carbonyl (C=O) groups is 1. The van der Waals surface area contributed by atoms with E-state index in [2.05, 4.69) is 25.8 Å². The molecule has 0 fully saturated rings. The van der Waals surface area contributed by atoms with E-state index in [9.17, 15) is 4.79 Å². The topological polar surface area (TPSA) is 115 Å². The van der Waals surface area contributed by atoms with Gasteiger partial charge >= 0.3 is 0 Å². The van der Waals surface area contributed by atoms with E-state index in [0.29, 0.717) is 17.9 Å². The van der Waals surface area contributed by atoms with Crippen LogP contribution < -0.4 is 11.1 Å². The average molecular weight is 271 g/mol. The first-order valence-corrected chi connectivity index (χ1v) is 6.06. The fraction of sp³-hybridized carbons (Fsp3) is 0.167. The quantitative estimate of drug-likeness (QED) is 0.629. The number of amides is 1. The number of aromatic nitrogens is 5. The van der Waals surface area contributed by atoms with Crippen molar-refractivity contribution in [3.8, 4) is 0 Å². The average Bonchev–Trinajstić information content (AvgIpc) is 3.06. The Kier molecular flexibility index (Phi) is 3.13. The molecule has 0 aliphatic rings. The number of fused-ring (bicyclic) bond motifs is 1. The Morgan fingerprint density at radius 3 is 3.15 bits per heavy atom. The van der Waals surface area contributed by atoms with Crippen LogP contribution in [0.1, 0.15) is 5.69 Å². The van der Waals surface area contributed by atoms with Crippen molar-refractivity contribution in [1.29, 1.82) is 0 Å². The maximum absolute atomic E-state index is 11.9. The van der Waals surface area contributed by atoms with Gasteiger partial charge < -0.3 is 11.1 Å². The number of anilines is 1. The normalized spacial score (nSPS) is 10.8. The van der Waals surface area contributed by atoms with Crippen LogP contribution in [0.5, 0.6) is 0 Å². The van der Waals surface area contributed by atoms with Gasteiger partial charge in [-0.05, 0) is 18.2 Å². The highest BCUT2D eigenvalue weighted by Gasteiger charge is 2.06. The number of nitrogens with zero attached hydrogens (tertiary/aromatic N) is 4. The molecule has 1 amide bonds. The molecule has 0 spiro atoms. The predicted octanol–water partition coefficient (Wildman–Crippen LogP) is 0.252. The molecule has 2 aromatic heterocycles. The molecule has 3 rings (SSSR count). The van der Waals surface area contributed by atoms with E-state index in [1.165, 1.54) is 4.68 Å². The molecule has 0 saturated carbocycles. The summed E-state index contributed by atoms with van der Waals surface area (Å²) >= 11 is 0. The molecule has 0 aliphatic carbocycles. The molecule has 0 atom stereocenters. The Morgan fingerprint density at radius 2 is 2.35 bits per heavy atom. The van der Waals surface area contributed by atoms with E-state index in [1.807, 2.05) is 18.2 Å². The Morgan fingerprint density at radius 1 is 1.45 bits per heavy atom. The molecule has 0 saturated heterocycles. The number of carbonyl (C=O) groups excluding carboxylic acids is 1. The minimum absolute atomic E-state index is 0.0913. The Labute approximate surface area is 114 Å². The minimum atomic E-state index is -0.183. The van der Waals surface area contributed by atoms with Crippen molar-refractivity contribution in [1.82, 2.24) is 25.2 Å². The van der Waals surface area contributed by atoms with Gasteiger partial charge in [0.25, 0.3) is 0 Å². The lowest BCUT2D eigenvalue weighted by Gasteiger charge is -2.04. The zero-order valence-corrected chi connectivity index (χ0v) is 10.6. The third kappa shape index (κ3) is 2.50. The second kappa shape index (κ2) is 5.10. The van der Waals surface area contributed by atoms with Gasteiger partial charge in [-0.2, -0.15) is 5.10 Å². The van der Waals surface area contributed by atoms with Crippen LogP contribution >= 0.6 is 0 Å². The van der Waals surface area contributed by atoms with Gasteiger partial charge in [0.05, 0.1) is 23.6 Å². The Bertz CT molecular complexity index is 745. The van der Waals surface area contributed by atoms with Crippen molar-refractivity contribution >= 4 is 22.5 Å². The first-order chi connectivity index (χ1) is 9.74. The fourth-order valence-electron chi connectivity index (χ4n) is 1.87. The van der Waals surface area contributed by atoms with E-state index in [1.54, 1.807) is 12.4 Å². The highest BCUT2D eigenvalue weighted by molar-refractivity contribution is 5.93. The lowest BCUT2D eigenvalue weighted by Crippen LogP contribution is -2.19. The lowest BCUT2D eigenvalue weighted by atomic mass is 10.2. The first-order valence-electron chi connectivity index (χ1n) is 6.06. The molecule has 0 aliphatic heterocycles. The maximum atomic E-state index is 11.9. The largest absolute Gasteiger partial charge is 0.325 e. The van der Waals surface area contributed by atoms with E-state index >= 15 is 0 Å². The van der Waals surface area contributed by atoms with Crippen LogP contribution in [0.15, 0.2) is 30.6 Å². The highest BCUT2D eigenvalue weighted by Crippen LogP contribution is 2.16. The summed E-state index contributed by atoms with van der Waals surface area (Å²) in [5.74, 6) is -0.183. The summed E-state index contributed by atoms with van der Waals surface area (Å²) in [6, 6.07) is 5.53. The minimum Gasteiger partial charge on any atom is -0.325 e. The van der Waals surface area contributed by atoms with E-state index < -0.39 is 0 Å². The van der Waals surface area contributed by atoms with E-state index in [-0.39, 0.29) is 12.5 Å². The Hall–Kier alpha value is -2.74. The number of benzene rings is 1. The Balaban J connectivity index is 1.68. The SMILES string of the molecule is NCc1cn(CC(=O)Nc2ccc3cn[nH]c3c2)nn1. The van der Waals surface area contributed by atoms with Gasteiger partial charge in [0, 0.05) is 17.6 Å². The first kappa shape index (κ1) is 12.3. The number of rotatable bonds is 4. The molecular formula is C12H13N7O. The van der Waals surface area contributed by atoms with Crippen molar-refractivity contribution in [2.75, 3.05) is 5.32 Å². The van der Waals surface area contributed by atoms with Gasteiger partial charge in [-0.3, -0.25) is 9.89 Å². The molecule has 102 valence electrons. The monoisotopic (exact) mass is 271 g/mol. The molecule has 0 unspecified atom stereocenters. The molecule has 8 nitrogen and oxygen atoms in total. The van der Waals surface area contributed by atoms with Crippen molar-refractivity contribution < 1.29 is 4.79 Å². The van der Waals surface area contributed by atoms with Crippen molar-refractivity contribution in [3.05, 3.63) is 36.3 Å². The van der Waals surface area contributed by atoms with Gasteiger partial charge in [-0.1, -0.05) is 5.21 Å². The van der Waals surface area contributed by atoms with Crippen LogP contribution in [-0.2, 0) is 17.9 Å². The number of aromatic amines is 1. The smallest absolute Gasteiger partial charge is 0.246 e. The molecule has 8 heteroatoms. The van der Waals surface area contributed by atoms with E-state index in [0.717, 1.165) is 10.9 Å². The van der Waals surface area contributed by atoms with Crippen LogP contribution in [0, 0.1) is 0 Å². The number of nitrogens with one attached hydrogen (secondary N) is 2. The van der Waals surface area contributed by atoms with Crippen LogP contribution in [0.4, 0.5) is 5.69 Å². The van der Waals surface area contributed by atoms with Crippen LogP contribution in [0.25, 0.3) is 10.9 Å². The molecule has 0 bridgehead atoms. The van der Waals surface area contributed by atoms with E-state index in [4.69, 9.17) is 5.73 Å². The van der Waals surface area contributed by atoms with Crippen molar-refractivity contribution in [2.24, 2.45) is 5.73 Å². The summed E-state index contributed by atoms with van der Waals surface area (Å²) in [7, 11) is 0. The second-order valence-corrected chi connectivity index (χ2v) is 4.33. The molecule has 3 aromatic rings. The standard InChI is InChI=1S/C12H13N7O/c13-4-10-6-19(18-16-10)7-12(20)15-9-2-1-8-5-14-17-11(8)3-9/h1-3,5-6H,4,7,13H2,(H,14,17)(H,15,20). The van der Waals surface area contributed by atoms with Crippen LogP contribution in [0.3, 0.4) is 0 Å². The molecule has 2 heterocycles. The predicted molar refractivity (Wildman–Crippen MR) is 72.6 cm³/mol. The zero-order chi connectivity index (χ0) is 13.9. The molecule has 0 radical (unpaired) electrons. The van der Waals surface area contributed by atoms with Crippen LogP contribution in [0.2, 0.25) is 0 Å². The summed E-state index contributed by atoms with van der Waals surface area (Å²) in [6.45, 7) is 0.395. The highest BCUT2D eigenvalue weighted by atomic mass is 16.2. The number of hydrogen-bond donors (Lipinski definition) is 3. The van der Waals surface area contributed by atoms with Crippen LogP contribution in [-0.4, -0.2) is 31.1 Å². The maximum Gasteiger partial charge on any atom is 0.246 e. The zero-order valence-electron chi connectivity index (χ0n) is 10.6. The summed E-state index contributed by atoms with van der Waals surface area (Å²) in [6.07, 6.45) is 3.38. The van der Waals surface area contributed by atoms with Gasteiger partial charge in [-0.15, -0.1) is 5.10 Å². The third-order valence-corrected chi connectivity index (χ3v) is 2.83. The van der Waals surface area contributed by atoms with Crippen molar-refractivity contribution in [2.45, 2.75) is 13.1 Å². The van der Waals surface area contributed by atoms with Gasteiger partial charge in [0.15, 0.2) is 0 Å². The fourth-order valence-corrected chi connectivity index (χ4v) is 1.87. The van der Waals surface area contributed by atoms with Gasteiger partial charge in [0.2, 0.25) is 5.91 Å². The summed E-state index contributed by atoms with van der Waals surface area (Å²) < 4.78 is 1.45. The third-order valence-electron chi connectivity index (χ3n) is 2.83. The molecule has 4 N–H and O–H groups in total. The number of hydrogen-bond acceptors (Lipinski definition) is 5. The molecular weight excluding hydrogens is 258 g/mol. The summed E-state index contributed by atoms with van der Waals surface area (Å²) in [4.78, 5) is 11.9.